The molecule has 0 spiro atoms. The smallest absolute Gasteiger partial charge is 0.322 e. The fourth-order valence-electron chi connectivity index (χ4n) is 3.92. The third kappa shape index (κ3) is 4.30. The van der Waals surface area contributed by atoms with Crippen LogP contribution in [0.15, 0.2) is 59.3 Å². The van der Waals surface area contributed by atoms with Crippen molar-refractivity contribution in [3.05, 3.63) is 66.1 Å². The summed E-state index contributed by atoms with van der Waals surface area (Å²) in [5.41, 5.74) is 3.89. The molecule has 7 nitrogen and oxygen atoms in total. The lowest BCUT2D eigenvalue weighted by Crippen LogP contribution is -2.40. The van der Waals surface area contributed by atoms with Crippen molar-refractivity contribution < 1.29 is 14.3 Å². The number of hydrogen-bond donors (Lipinski definition) is 2. The van der Waals surface area contributed by atoms with Gasteiger partial charge < -0.3 is 19.7 Å². The highest BCUT2D eigenvalue weighted by atomic mass is 16.4. The molecule has 3 aromatic rings. The van der Waals surface area contributed by atoms with Crippen molar-refractivity contribution in [3.63, 3.8) is 0 Å². The molecule has 2 aromatic carbocycles. The van der Waals surface area contributed by atoms with Gasteiger partial charge in [0.05, 0.1) is 6.04 Å². The number of nitrogens with zero attached hydrogens (tertiary/aromatic N) is 3. The number of aromatic nitrogens is 2. The number of amides is 2. The Hall–Kier alpha value is -3.19. The fraction of sp³-hybridized carbons (Fsp3) is 0.318. The van der Waals surface area contributed by atoms with Crippen molar-refractivity contribution in [2.24, 2.45) is 0 Å². The number of carbonyl (C=O) groups is 1. The average Bonchev–Trinajstić information content (AvgIpc) is 3.29. The van der Waals surface area contributed by atoms with E-state index in [0.29, 0.717) is 24.5 Å². The molecule has 0 unspecified atom stereocenters. The van der Waals surface area contributed by atoms with Crippen LogP contribution in [0.2, 0.25) is 0 Å². The minimum Gasteiger partial charge on any atom is -0.423 e. The first-order chi connectivity index (χ1) is 14.3. The minimum absolute atomic E-state index is 0.00521. The van der Waals surface area contributed by atoms with Crippen LogP contribution in [-0.4, -0.2) is 39.4 Å². The van der Waals surface area contributed by atoms with Crippen LogP contribution >= 0.6 is 0 Å². The second kappa shape index (κ2) is 8.87. The van der Waals surface area contributed by atoms with Crippen LogP contribution in [0.1, 0.15) is 36.4 Å². The molecule has 0 saturated heterocycles. The number of hydrogen-bond acceptors (Lipinski definition) is 5. The van der Waals surface area contributed by atoms with Crippen molar-refractivity contribution in [1.82, 2.24) is 15.1 Å². The van der Waals surface area contributed by atoms with Crippen LogP contribution in [0.4, 0.5) is 10.5 Å². The number of benzene rings is 2. The third-order valence-electron chi connectivity index (χ3n) is 5.25. The molecule has 0 fully saturated rings. The Morgan fingerprint density at radius 2 is 2.14 bits per heavy atom. The zero-order valence-electron chi connectivity index (χ0n) is 16.1. The molecular weight excluding hydrogens is 368 g/mol. The molecule has 0 radical (unpaired) electrons. The van der Waals surface area contributed by atoms with Crippen molar-refractivity contribution in [3.8, 4) is 11.5 Å². The summed E-state index contributed by atoms with van der Waals surface area (Å²) in [6.07, 6.45) is 4.80. The number of aliphatic hydroxyl groups is 1. The van der Waals surface area contributed by atoms with E-state index in [9.17, 15) is 9.90 Å². The topological polar surface area (TPSA) is 91.5 Å². The normalized spacial score (nSPS) is 15.6. The van der Waals surface area contributed by atoms with E-state index in [-0.39, 0.29) is 18.7 Å². The van der Waals surface area contributed by atoms with E-state index in [1.807, 2.05) is 41.3 Å². The molecule has 2 N–H and O–H groups in total. The monoisotopic (exact) mass is 392 g/mol. The van der Waals surface area contributed by atoms with Gasteiger partial charge in [-0.15, -0.1) is 10.2 Å². The zero-order valence-corrected chi connectivity index (χ0v) is 16.1. The lowest BCUT2D eigenvalue weighted by molar-refractivity contribution is 0.169. The lowest BCUT2D eigenvalue weighted by atomic mass is 9.87. The molecule has 0 aliphatic heterocycles. The maximum Gasteiger partial charge on any atom is 0.322 e. The van der Waals surface area contributed by atoms with Gasteiger partial charge in [-0.1, -0.05) is 30.3 Å². The SMILES string of the molecule is O=C(Nc1cccc(-c2nnco2)c1)N(CCCO)[C@@H]1CCCc2ccccc21. The Morgan fingerprint density at radius 1 is 1.24 bits per heavy atom. The third-order valence-corrected chi connectivity index (χ3v) is 5.25. The molecule has 1 aliphatic rings. The van der Waals surface area contributed by atoms with Gasteiger partial charge in [0.15, 0.2) is 0 Å². The molecule has 4 rings (SSSR count). The standard InChI is InChI=1S/C22H24N4O3/c27-13-5-12-26(20-11-4-7-16-6-1-2-10-19(16)20)22(28)24-18-9-3-8-17(14-18)21-25-23-15-29-21/h1-3,6,8-10,14-15,20,27H,4-5,7,11-13H2,(H,24,28)/t20-/m1/s1. The van der Waals surface area contributed by atoms with Crippen LogP contribution in [0.5, 0.6) is 0 Å². The highest BCUT2D eigenvalue weighted by molar-refractivity contribution is 5.90. The molecule has 7 heteroatoms. The number of anilines is 1. The Kier molecular flexibility index (Phi) is 5.86. The van der Waals surface area contributed by atoms with Crippen LogP contribution in [0, 0.1) is 0 Å². The summed E-state index contributed by atoms with van der Waals surface area (Å²) in [5.74, 6) is 0.402. The van der Waals surface area contributed by atoms with Gasteiger partial charge in [0.25, 0.3) is 0 Å². The van der Waals surface area contributed by atoms with Crippen LogP contribution in [0.25, 0.3) is 11.5 Å². The molecule has 0 saturated carbocycles. The number of aryl methyl sites for hydroxylation is 1. The van der Waals surface area contributed by atoms with Crippen molar-refractivity contribution in [1.29, 1.82) is 0 Å². The fourth-order valence-corrected chi connectivity index (χ4v) is 3.92. The first-order valence-electron chi connectivity index (χ1n) is 9.89. The first-order valence-corrected chi connectivity index (χ1v) is 9.89. The van der Waals surface area contributed by atoms with Gasteiger partial charge in [-0.25, -0.2) is 4.79 Å². The summed E-state index contributed by atoms with van der Waals surface area (Å²) in [6, 6.07) is 15.5. The molecule has 1 atom stereocenters. The molecule has 1 aromatic heterocycles. The van der Waals surface area contributed by atoms with Gasteiger partial charge in [-0.05, 0) is 55.0 Å². The molecule has 150 valence electrons. The zero-order chi connectivity index (χ0) is 20.1. The van der Waals surface area contributed by atoms with E-state index >= 15 is 0 Å². The van der Waals surface area contributed by atoms with Crippen molar-refractivity contribution in [2.75, 3.05) is 18.5 Å². The van der Waals surface area contributed by atoms with E-state index < -0.39 is 0 Å². The van der Waals surface area contributed by atoms with E-state index in [2.05, 4.69) is 27.6 Å². The predicted molar refractivity (Wildman–Crippen MR) is 109 cm³/mol. The second-order valence-electron chi connectivity index (χ2n) is 7.13. The number of carbonyl (C=O) groups excluding carboxylic acids is 1. The Labute approximate surface area is 169 Å². The van der Waals surface area contributed by atoms with Gasteiger partial charge in [0.2, 0.25) is 12.3 Å². The minimum atomic E-state index is -0.178. The summed E-state index contributed by atoms with van der Waals surface area (Å²) < 4.78 is 5.24. The second-order valence-corrected chi connectivity index (χ2v) is 7.13. The van der Waals surface area contributed by atoms with E-state index in [0.717, 1.165) is 24.8 Å². The number of nitrogens with one attached hydrogen (secondary N) is 1. The van der Waals surface area contributed by atoms with E-state index in [1.165, 1.54) is 17.5 Å². The summed E-state index contributed by atoms with van der Waals surface area (Å²) in [7, 11) is 0. The number of urea groups is 1. The first kappa shape index (κ1) is 19.1. The molecule has 0 bridgehead atoms. The van der Waals surface area contributed by atoms with Gasteiger partial charge >= 0.3 is 6.03 Å². The molecule has 1 aliphatic carbocycles. The van der Waals surface area contributed by atoms with Gasteiger partial charge in [0, 0.05) is 24.4 Å². The lowest BCUT2D eigenvalue weighted by Gasteiger charge is -2.36. The van der Waals surface area contributed by atoms with Gasteiger partial charge in [0.1, 0.15) is 0 Å². The van der Waals surface area contributed by atoms with E-state index in [1.54, 1.807) is 0 Å². The summed E-state index contributed by atoms with van der Waals surface area (Å²) in [6.45, 7) is 0.537. The Morgan fingerprint density at radius 3 is 2.97 bits per heavy atom. The van der Waals surface area contributed by atoms with Crippen LogP contribution < -0.4 is 5.32 Å². The Balaban J connectivity index is 1.57. The van der Waals surface area contributed by atoms with E-state index in [4.69, 9.17) is 4.42 Å². The number of aliphatic hydroxyl groups excluding tert-OH is 1. The predicted octanol–water partition coefficient (Wildman–Crippen LogP) is 4.03. The molecule has 2 amide bonds. The van der Waals surface area contributed by atoms with Crippen LogP contribution in [-0.2, 0) is 6.42 Å². The largest absolute Gasteiger partial charge is 0.423 e. The molecule has 29 heavy (non-hydrogen) atoms. The highest BCUT2D eigenvalue weighted by Gasteiger charge is 2.29. The number of fused-ring (bicyclic) bond motifs is 1. The quantitative estimate of drug-likeness (QED) is 0.661. The molecular formula is C22H24N4O3. The maximum atomic E-state index is 13.2. The van der Waals surface area contributed by atoms with Crippen molar-refractivity contribution >= 4 is 11.7 Å². The summed E-state index contributed by atoms with van der Waals surface area (Å²) in [5, 5.41) is 19.9. The van der Waals surface area contributed by atoms with Gasteiger partial charge in [-0.2, -0.15) is 0 Å². The van der Waals surface area contributed by atoms with Gasteiger partial charge in [-0.3, -0.25) is 0 Å². The summed E-state index contributed by atoms with van der Waals surface area (Å²) in [4.78, 5) is 15.0. The highest BCUT2D eigenvalue weighted by Crippen LogP contribution is 2.34. The Bertz CT molecular complexity index is 958. The van der Waals surface area contributed by atoms with Crippen molar-refractivity contribution in [2.45, 2.75) is 31.7 Å². The summed E-state index contributed by atoms with van der Waals surface area (Å²) >= 11 is 0. The number of rotatable bonds is 6. The van der Waals surface area contributed by atoms with Crippen LogP contribution in [0.3, 0.4) is 0 Å². The average molecular weight is 392 g/mol. The maximum absolute atomic E-state index is 13.2. The molecule has 1 heterocycles.